The first-order valence-corrected chi connectivity index (χ1v) is 13.9. The fourth-order valence-electron chi connectivity index (χ4n) is 7.21. The van der Waals surface area contributed by atoms with E-state index >= 15 is 0 Å². The number of hydrogen-bond donors (Lipinski definition) is 0. The van der Waals surface area contributed by atoms with Gasteiger partial charge in [0.05, 0.1) is 22.7 Å². The number of pyridine rings is 3. The maximum atomic E-state index is 5.19. The molecule has 41 heavy (non-hydrogen) atoms. The van der Waals surface area contributed by atoms with Gasteiger partial charge in [-0.1, -0.05) is 60.7 Å². The molecule has 0 saturated carbocycles. The molecule has 4 aromatic carbocycles. The van der Waals surface area contributed by atoms with Crippen LogP contribution in [-0.2, 0) is 6.42 Å². The normalized spacial score (nSPS) is 12.8. The highest BCUT2D eigenvalue weighted by atomic mass is 15.1. The van der Waals surface area contributed by atoms with Gasteiger partial charge in [-0.3, -0.25) is 9.38 Å². The zero-order chi connectivity index (χ0) is 26.7. The first-order chi connectivity index (χ1) is 20.4. The Hall–Kier alpha value is -5.55. The van der Waals surface area contributed by atoms with Gasteiger partial charge in [0.1, 0.15) is 16.8 Å². The molecule has 190 valence electrons. The summed E-state index contributed by atoms with van der Waals surface area (Å²) >= 11 is 0. The Morgan fingerprint density at radius 2 is 1.49 bits per heavy atom. The lowest BCUT2D eigenvalue weighted by atomic mass is 9.99. The van der Waals surface area contributed by atoms with Crippen molar-refractivity contribution in [2.75, 3.05) is 0 Å². The second-order valence-corrected chi connectivity index (χ2v) is 10.9. The predicted octanol–water partition coefficient (Wildman–Crippen LogP) is 8.25. The Morgan fingerprint density at radius 3 is 2.44 bits per heavy atom. The first-order valence-electron chi connectivity index (χ1n) is 13.9. The van der Waals surface area contributed by atoms with Crippen molar-refractivity contribution >= 4 is 60.3 Å². The van der Waals surface area contributed by atoms with Crippen LogP contribution in [0, 0.1) is 0 Å². The second-order valence-electron chi connectivity index (χ2n) is 10.9. The van der Waals surface area contributed by atoms with E-state index in [1.54, 1.807) is 0 Å². The van der Waals surface area contributed by atoms with E-state index in [9.17, 15) is 0 Å². The molecular formula is C36H21N5. The second kappa shape index (κ2) is 7.55. The maximum absolute atomic E-state index is 5.19. The first kappa shape index (κ1) is 21.3. The molecule has 0 radical (unpaired) electrons. The Balaban J connectivity index is 1.52. The van der Waals surface area contributed by atoms with Crippen LogP contribution in [0.5, 0.6) is 0 Å². The standard InChI is InChI=1S/C36H21N5/c1-2-8-23(9-3-1)40-30-15-14-25-26-11-6-17-38-35(26)41-29-16-18-37-20-28(29)39-36(41)33(25)32(30)27-13-12-22-19-21-7-4-5-10-24(21)31(22)34(27)40/h1-18,20H,19H2. The third-order valence-electron chi connectivity index (χ3n) is 8.83. The van der Waals surface area contributed by atoms with Gasteiger partial charge in [-0.05, 0) is 64.9 Å². The molecule has 5 aromatic heterocycles. The summed E-state index contributed by atoms with van der Waals surface area (Å²) in [6.45, 7) is 0. The highest BCUT2D eigenvalue weighted by molar-refractivity contribution is 6.30. The molecule has 0 bridgehead atoms. The van der Waals surface area contributed by atoms with Crippen molar-refractivity contribution < 1.29 is 0 Å². The van der Waals surface area contributed by atoms with E-state index in [1.807, 2.05) is 30.7 Å². The van der Waals surface area contributed by atoms with Gasteiger partial charge >= 0.3 is 0 Å². The Kier molecular flexibility index (Phi) is 3.92. The summed E-state index contributed by atoms with van der Waals surface area (Å²) in [6.07, 6.45) is 6.50. The zero-order valence-electron chi connectivity index (χ0n) is 21.9. The summed E-state index contributed by atoms with van der Waals surface area (Å²) in [5, 5.41) is 5.86. The molecule has 0 fully saturated rings. The van der Waals surface area contributed by atoms with Gasteiger partial charge in [-0.15, -0.1) is 0 Å². The van der Waals surface area contributed by atoms with Crippen LogP contribution in [0.4, 0.5) is 0 Å². The quantitative estimate of drug-likeness (QED) is 0.204. The number of aromatic nitrogens is 5. The summed E-state index contributed by atoms with van der Waals surface area (Å²) in [6, 6.07) is 35.0. The number of benzene rings is 4. The van der Waals surface area contributed by atoms with Gasteiger partial charge in [-0.2, -0.15) is 0 Å². The minimum atomic E-state index is 0.866. The molecule has 0 aliphatic heterocycles. The molecule has 0 amide bonds. The van der Waals surface area contributed by atoms with E-state index in [1.165, 1.54) is 44.1 Å². The van der Waals surface area contributed by atoms with Crippen LogP contribution in [0.15, 0.2) is 116 Å². The lowest BCUT2D eigenvalue weighted by Crippen LogP contribution is -1.96. The molecule has 0 atom stereocenters. The molecule has 1 aliphatic carbocycles. The molecule has 0 N–H and O–H groups in total. The van der Waals surface area contributed by atoms with Gasteiger partial charge in [-0.25, -0.2) is 9.97 Å². The maximum Gasteiger partial charge on any atom is 0.148 e. The van der Waals surface area contributed by atoms with Gasteiger partial charge in [0.2, 0.25) is 0 Å². The molecule has 5 heterocycles. The van der Waals surface area contributed by atoms with Gasteiger partial charge in [0, 0.05) is 45.2 Å². The van der Waals surface area contributed by atoms with Gasteiger partial charge in [0.25, 0.3) is 0 Å². The number of hydrogen-bond acceptors (Lipinski definition) is 3. The van der Waals surface area contributed by atoms with Crippen molar-refractivity contribution in [2.24, 2.45) is 0 Å². The molecular weight excluding hydrogens is 502 g/mol. The number of para-hydroxylation sites is 1. The van der Waals surface area contributed by atoms with Crippen LogP contribution in [0.25, 0.3) is 77.1 Å². The van der Waals surface area contributed by atoms with Crippen LogP contribution in [-0.4, -0.2) is 23.9 Å². The number of nitrogens with zero attached hydrogens (tertiary/aromatic N) is 5. The summed E-state index contributed by atoms with van der Waals surface area (Å²) in [4.78, 5) is 14.4. The fraction of sp³-hybridized carbons (Fsp3) is 0.0278. The van der Waals surface area contributed by atoms with E-state index in [4.69, 9.17) is 9.97 Å². The third-order valence-corrected chi connectivity index (χ3v) is 8.83. The van der Waals surface area contributed by atoms with Crippen molar-refractivity contribution in [3.05, 3.63) is 127 Å². The average Bonchev–Trinajstić information content (AvgIpc) is 3.71. The van der Waals surface area contributed by atoms with Crippen LogP contribution >= 0.6 is 0 Å². The van der Waals surface area contributed by atoms with E-state index in [0.29, 0.717) is 0 Å². The highest BCUT2D eigenvalue weighted by Crippen LogP contribution is 2.47. The lowest BCUT2D eigenvalue weighted by molar-refractivity contribution is 1.18. The summed E-state index contributed by atoms with van der Waals surface area (Å²) < 4.78 is 4.67. The van der Waals surface area contributed by atoms with Crippen LogP contribution < -0.4 is 0 Å². The number of fused-ring (bicyclic) bond motifs is 16. The van der Waals surface area contributed by atoms with Crippen LogP contribution in [0.1, 0.15) is 11.1 Å². The fourth-order valence-corrected chi connectivity index (χ4v) is 7.21. The molecule has 1 aliphatic rings. The van der Waals surface area contributed by atoms with Crippen molar-refractivity contribution in [1.29, 1.82) is 0 Å². The Morgan fingerprint density at radius 1 is 0.610 bits per heavy atom. The summed E-state index contributed by atoms with van der Waals surface area (Å²) in [5.41, 5.74) is 12.7. The van der Waals surface area contributed by atoms with Crippen LogP contribution in [0.2, 0.25) is 0 Å². The molecule has 0 spiro atoms. The molecule has 9 aromatic rings. The third kappa shape index (κ3) is 2.63. The van der Waals surface area contributed by atoms with Crippen LogP contribution in [0.3, 0.4) is 0 Å². The lowest BCUT2D eigenvalue weighted by Gasteiger charge is -2.12. The van der Waals surface area contributed by atoms with Gasteiger partial charge < -0.3 is 4.57 Å². The van der Waals surface area contributed by atoms with Crippen molar-refractivity contribution in [3.8, 4) is 16.8 Å². The topological polar surface area (TPSA) is 48.0 Å². The zero-order valence-corrected chi connectivity index (χ0v) is 21.9. The van der Waals surface area contributed by atoms with E-state index in [0.717, 1.165) is 50.6 Å². The van der Waals surface area contributed by atoms with Crippen molar-refractivity contribution in [2.45, 2.75) is 6.42 Å². The summed E-state index contributed by atoms with van der Waals surface area (Å²) in [5.74, 6) is 0. The summed E-state index contributed by atoms with van der Waals surface area (Å²) in [7, 11) is 0. The van der Waals surface area contributed by atoms with E-state index < -0.39 is 0 Å². The highest BCUT2D eigenvalue weighted by Gasteiger charge is 2.27. The molecule has 0 saturated heterocycles. The predicted molar refractivity (Wildman–Crippen MR) is 166 cm³/mol. The van der Waals surface area contributed by atoms with Crippen molar-refractivity contribution in [1.82, 2.24) is 23.9 Å². The van der Waals surface area contributed by atoms with E-state index in [-0.39, 0.29) is 0 Å². The molecule has 5 heteroatoms. The Labute approximate surface area is 234 Å². The SMILES string of the molecule is c1ccc(-n2c3ccc4c5cccnc5n5c6ccncc6nc5c4c3c3ccc4c(c32)-c2ccccc2C4)cc1. The van der Waals surface area contributed by atoms with E-state index in [2.05, 4.69) is 98.9 Å². The van der Waals surface area contributed by atoms with Gasteiger partial charge in [0.15, 0.2) is 0 Å². The number of imidazole rings is 1. The van der Waals surface area contributed by atoms with Crippen molar-refractivity contribution in [3.63, 3.8) is 0 Å². The molecule has 0 unspecified atom stereocenters. The monoisotopic (exact) mass is 523 g/mol. The Bertz CT molecular complexity index is 2550. The minimum Gasteiger partial charge on any atom is -0.309 e. The molecule has 5 nitrogen and oxygen atoms in total. The molecule has 10 rings (SSSR count). The smallest absolute Gasteiger partial charge is 0.148 e. The number of rotatable bonds is 1. The minimum absolute atomic E-state index is 0.866. The largest absolute Gasteiger partial charge is 0.309 e. The average molecular weight is 524 g/mol.